The van der Waals surface area contributed by atoms with Gasteiger partial charge in [0.15, 0.2) is 0 Å². The smallest absolute Gasteiger partial charge is 0.314 e. The van der Waals surface area contributed by atoms with Gasteiger partial charge in [-0.3, -0.25) is 4.79 Å². The van der Waals surface area contributed by atoms with Gasteiger partial charge in [0.2, 0.25) is 0 Å². The Hall–Kier alpha value is -0.570. The Kier molecular flexibility index (Phi) is 2.96. The summed E-state index contributed by atoms with van der Waals surface area (Å²) in [4.78, 5) is 11.5. The van der Waals surface area contributed by atoms with Crippen molar-refractivity contribution in [3.63, 3.8) is 0 Å². The molecule has 0 saturated carbocycles. The summed E-state index contributed by atoms with van der Waals surface area (Å²) in [7, 11) is 0. The van der Waals surface area contributed by atoms with Crippen molar-refractivity contribution in [2.45, 2.75) is 39.7 Å². The summed E-state index contributed by atoms with van der Waals surface area (Å²) >= 11 is 0. The van der Waals surface area contributed by atoms with Gasteiger partial charge in [-0.1, -0.05) is 20.3 Å². The lowest BCUT2D eigenvalue weighted by Crippen LogP contribution is -2.50. The average molecular weight is 186 g/mol. The Morgan fingerprint density at radius 3 is 2.85 bits per heavy atom. The van der Waals surface area contributed by atoms with Gasteiger partial charge in [0, 0.05) is 5.92 Å². The minimum Gasteiger partial charge on any atom is -0.465 e. The third-order valence-electron chi connectivity index (χ3n) is 2.90. The molecular formula is C10H18O3. The Bertz CT molecular complexity index is 202. The summed E-state index contributed by atoms with van der Waals surface area (Å²) in [6, 6.07) is 0. The van der Waals surface area contributed by atoms with E-state index in [9.17, 15) is 9.90 Å². The molecule has 3 atom stereocenters. The molecule has 1 saturated heterocycles. The van der Waals surface area contributed by atoms with E-state index in [4.69, 9.17) is 4.74 Å². The fourth-order valence-electron chi connectivity index (χ4n) is 1.98. The number of hydrogen-bond donors (Lipinski definition) is 1. The lowest BCUT2D eigenvalue weighted by Gasteiger charge is -2.39. The second kappa shape index (κ2) is 3.66. The Balaban J connectivity index is 2.81. The van der Waals surface area contributed by atoms with Gasteiger partial charge in [-0.25, -0.2) is 0 Å². The van der Waals surface area contributed by atoms with Gasteiger partial charge in [-0.2, -0.15) is 0 Å². The van der Waals surface area contributed by atoms with Crippen LogP contribution in [0.15, 0.2) is 0 Å². The van der Waals surface area contributed by atoms with Crippen LogP contribution in [0.4, 0.5) is 0 Å². The van der Waals surface area contributed by atoms with Gasteiger partial charge in [0.1, 0.15) is 0 Å². The largest absolute Gasteiger partial charge is 0.465 e. The molecule has 3 nitrogen and oxygen atoms in total. The number of aliphatic hydroxyl groups is 1. The van der Waals surface area contributed by atoms with Crippen LogP contribution in [0.25, 0.3) is 0 Å². The molecule has 1 heterocycles. The maximum atomic E-state index is 11.5. The summed E-state index contributed by atoms with van der Waals surface area (Å²) in [5.74, 6) is -0.200. The molecule has 0 amide bonds. The number of rotatable bonds is 2. The molecule has 13 heavy (non-hydrogen) atoms. The Morgan fingerprint density at radius 2 is 2.31 bits per heavy atom. The van der Waals surface area contributed by atoms with Crippen LogP contribution in [-0.2, 0) is 9.53 Å². The highest BCUT2D eigenvalue weighted by atomic mass is 16.5. The van der Waals surface area contributed by atoms with Crippen molar-refractivity contribution in [3.8, 4) is 0 Å². The maximum absolute atomic E-state index is 11.5. The highest BCUT2D eigenvalue weighted by Gasteiger charge is 2.47. The lowest BCUT2D eigenvalue weighted by molar-refractivity contribution is -0.181. The van der Waals surface area contributed by atoms with Crippen LogP contribution >= 0.6 is 0 Å². The molecule has 0 aromatic rings. The molecule has 3 heteroatoms. The summed E-state index contributed by atoms with van der Waals surface area (Å²) in [5, 5.41) is 9.90. The summed E-state index contributed by atoms with van der Waals surface area (Å²) in [5.41, 5.74) is -0.688. The molecule has 0 spiro atoms. The first-order valence-electron chi connectivity index (χ1n) is 4.87. The van der Waals surface area contributed by atoms with Crippen molar-refractivity contribution in [2.75, 3.05) is 6.61 Å². The van der Waals surface area contributed by atoms with E-state index in [-0.39, 0.29) is 11.9 Å². The number of carbonyl (C=O) groups excluding carboxylic acids is 1. The van der Waals surface area contributed by atoms with E-state index in [0.29, 0.717) is 13.0 Å². The highest BCUT2D eigenvalue weighted by Crippen LogP contribution is 2.36. The van der Waals surface area contributed by atoms with Crippen LogP contribution in [-0.4, -0.2) is 23.8 Å². The number of ether oxygens (including phenoxy) is 1. The minimum atomic E-state index is -0.688. The molecule has 0 aromatic carbocycles. The minimum absolute atomic E-state index is 0.0502. The van der Waals surface area contributed by atoms with E-state index >= 15 is 0 Å². The van der Waals surface area contributed by atoms with Crippen molar-refractivity contribution in [3.05, 3.63) is 0 Å². The summed E-state index contributed by atoms with van der Waals surface area (Å²) in [6.45, 7) is 6.05. The Morgan fingerprint density at radius 1 is 1.69 bits per heavy atom. The third-order valence-corrected chi connectivity index (χ3v) is 2.90. The molecule has 0 aliphatic carbocycles. The summed E-state index contributed by atoms with van der Waals surface area (Å²) in [6.07, 6.45) is 1.01. The monoisotopic (exact) mass is 186 g/mol. The van der Waals surface area contributed by atoms with Crippen LogP contribution in [0.3, 0.4) is 0 Å². The predicted molar refractivity (Wildman–Crippen MR) is 49.1 cm³/mol. The van der Waals surface area contributed by atoms with Crippen molar-refractivity contribution in [2.24, 2.45) is 11.3 Å². The molecule has 0 radical (unpaired) electrons. The molecule has 0 bridgehead atoms. The third kappa shape index (κ3) is 1.70. The van der Waals surface area contributed by atoms with Crippen LogP contribution in [0, 0.1) is 11.3 Å². The van der Waals surface area contributed by atoms with Gasteiger partial charge in [0.05, 0.1) is 18.1 Å². The molecule has 1 N–H and O–H groups in total. The topological polar surface area (TPSA) is 46.5 Å². The SMILES string of the molecule is CCC[C@@]1(C)C(=O)OC[C@H](C)[C@H]1O. The van der Waals surface area contributed by atoms with E-state index in [1.165, 1.54) is 0 Å². The van der Waals surface area contributed by atoms with Crippen molar-refractivity contribution < 1.29 is 14.6 Å². The van der Waals surface area contributed by atoms with Crippen molar-refractivity contribution in [1.82, 2.24) is 0 Å². The van der Waals surface area contributed by atoms with E-state index in [1.807, 2.05) is 13.8 Å². The van der Waals surface area contributed by atoms with E-state index in [0.717, 1.165) is 6.42 Å². The van der Waals surface area contributed by atoms with Gasteiger partial charge in [-0.05, 0) is 13.3 Å². The van der Waals surface area contributed by atoms with Crippen LogP contribution in [0.1, 0.15) is 33.6 Å². The molecule has 0 unspecified atom stereocenters. The molecule has 76 valence electrons. The second-order valence-corrected chi connectivity index (χ2v) is 4.19. The molecule has 0 aromatic heterocycles. The number of carbonyl (C=O) groups is 1. The quantitative estimate of drug-likeness (QED) is 0.662. The van der Waals surface area contributed by atoms with Gasteiger partial charge < -0.3 is 9.84 Å². The van der Waals surface area contributed by atoms with E-state index in [1.54, 1.807) is 6.92 Å². The van der Waals surface area contributed by atoms with Crippen LogP contribution in [0.5, 0.6) is 0 Å². The number of esters is 1. The molecule has 1 rings (SSSR count). The zero-order chi connectivity index (χ0) is 10.1. The number of hydrogen-bond acceptors (Lipinski definition) is 3. The second-order valence-electron chi connectivity index (χ2n) is 4.19. The van der Waals surface area contributed by atoms with Gasteiger partial charge in [-0.15, -0.1) is 0 Å². The molecule has 1 fully saturated rings. The number of aliphatic hydroxyl groups excluding tert-OH is 1. The fourth-order valence-corrected chi connectivity index (χ4v) is 1.98. The molecular weight excluding hydrogens is 168 g/mol. The summed E-state index contributed by atoms with van der Waals surface area (Å²) < 4.78 is 5.03. The first kappa shape index (κ1) is 10.5. The number of cyclic esters (lactones) is 1. The van der Waals surface area contributed by atoms with E-state index < -0.39 is 11.5 Å². The molecule has 1 aliphatic rings. The maximum Gasteiger partial charge on any atom is 0.314 e. The van der Waals surface area contributed by atoms with Crippen LogP contribution in [0.2, 0.25) is 0 Å². The lowest BCUT2D eigenvalue weighted by atomic mass is 9.74. The Labute approximate surface area is 79.1 Å². The molecule has 1 aliphatic heterocycles. The highest BCUT2D eigenvalue weighted by molar-refractivity contribution is 5.78. The normalized spacial score (nSPS) is 40.2. The zero-order valence-electron chi connectivity index (χ0n) is 8.54. The fraction of sp³-hybridized carbons (Fsp3) is 0.900. The van der Waals surface area contributed by atoms with E-state index in [2.05, 4.69) is 0 Å². The van der Waals surface area contributed by atoms with Gasteiger partial charge >= 0.3 is 5.97 Å². The standard InChI is InChI=1S/C10H18O3/c1-4-5-10(3)8(11)7(2)6-13-9(10)12/h7-8,11H,4-6H2,1-3H3/t7-,8+,10+/m0/s1. The van der Waals surface area contributed by atoms with Gasteiger partial charge in [0.25, 0.3) is 0 Å². The first-order valence-corrected chi connectivity index (χ1v) is 4.87. The first-order chi connectivity index (χ1) is 6.02. The zero-order valence-corrected chi connectivity index (χ0v) is 8.54. The predicted octanol–water partition coefficient (Wildman–Crippen LogP) is 1.35. The van der Waals surface area contributed by atoms with Crippen molar-refractivity contribution in [1.29, 1.82) is 0 Å². The average Bonchev–Trinajstić information content (AvgIpc) is 2.10. The van der Waals surface area contributed by atoms with Crippen LogP contribution < -0.4 is 0 Å². The van der Waals surface area contributed by atoms with Crippen molar-refractivity contribution >= 4 is 5.97 Å².